The Morgan fingerprint density at radius 2 is 2.15 bits per heavy atom. The highest BCUT2D eigenvalue weighted by Gasteiger charge is 2.44. The second-order valence-corrected chi connectivity index (χ2v) is 7.29. The van der Waals surface area contributed by atoms with Crippen molar-refractivity contribution in [2.24, 2.45) is 5.41 Å². The number of nitro benzene ring substituents is 1. The maximum Gasteiger partial charge on any atom is 0.270 e. The number of non-ortho nitro benzene ring substituents is 1. The molecule has 1 aliphatic heterocycles. The number of phenols is 1. The smallest absolute Gasteiger partial charge is 0.270 e. The van der Waals surface area contributed by atoms with Crippen LogP contribution < -0.4 is 5.32 Å². The average Bonchev–Trinajstić information content (AvgIpc) is 3.05. The van der Waals surface area contributed by atoms with Crippen molar-refractivity contribution in [2.75, 3.05) is 5.32 Å². The topological polar surface area (TPSA) is 110 Å². The van der Waals surface area contributed by atoms with Crippen molar-refractivity contribution in [1.82, 2.24) is 9.78 Å². The Bertz CT molecular complexity index is 973. The van der Waals surface area contributed by atoms with Crippen LogP contribution in [0.5, 0.6) is 5.75 Å². The molecule has 1 unspecified atom stereocenters. The van der Waals surface area contributed by atoms with E-state index in [0.717, 1.165) is 5.70 Å². The van der Waals surface area contributed by atoms with Crippen molar-refractivity contribution in [1.29, 1.82) is 0 Å². The number of hydrogen-bond donors (Lipinski definition) is 2. The molecule has 134 valence electrons. The lowest BCUT2D eigenvalue weighted by Crippen LogP contribution is -2.39. The van der Waals surface area contributed by atoms with Crippen LogP contribution in [0.2, 0.25) is 0 Å². The minimum atomic E-state index is -0.705. The molecule has 0 bridgehead atoms. The summed E-state index contributed by atoms with van der Waals surface area (Å²) in [6, 6.07) is 4.91. The fourth-order valence-electron chi connectivity index (χ4n) is 3.66. The van der Waals surface area contributed by atoms with Gasteiger partial charge in [-0.2, -0.15) is 5.10 Å². The Morgan fingerprint density at radius 1 is 1.38 bits per heavy atom. The quantitative estimate of drug-likeness (QED) is 0.633. The van der Waals surface area contributed by atoms with Crippen LogP contribution in [0, 0.1) is 15.5 Å². The van der Waals surface area contributed by atoms with E-state index in [1.807, 2.05) is 13.8 Å². The number of nitrogens with zero attached hydrogens (tertiary/aromatic N) is 3. The third-order valence-electron chi connectivity index (χ3n) is 5.17. The van der Waals surface area contributed by atoms with Gasteiger partial charge in [0.2, 0.25) is 0 Å². The number of benzene rings is 1. The summed E-state index contributed by atoms with van der Waals surface area (Å²) in [6.07, 6.45) is 2.99. The lowest BCUT2D eigenvalue weighted by Gasteiger charge is -2.38. The van der Waals surface area contributed by atoms with E-state index < -0.39 is 16.4 Å². The molecule has 0 amide bonds. The molecule has 2 aromatic rings. The van der Waals surface area contributed by atoms with Crippen molar-refractivity contribution < 1.29 is 14.8 Å². The number of ketones is 1. The van der Waals surface area contributed by atoms with Crippen LogP contribution in [0.25, 0.3) is 0 Å². The van der Waals surface area contributed by atoms with E-state index in [0.29, 0.717) is 29.8 Å². The fraction of sp³-hybridized carbons (Fsp3) is 0.333. The zero-order valence-electron chi connectivity index (χ0n) is 14.4. The van der Waals surface area contributed by atoms with E-state index in [1.54, 1.807) is 16.9 Å². The van der Waals surface area contributed by atoms with Gasteiger partial charge in [-0.1, -0.05) is 13.8 Å². The van der Waals surface area contributed by atoms with Crippen molar-refractivity contribution >= 4 is 17.3 Å². The third kappa shape index (κ3) is 2.29. The number of nitro groups is 1. The van der Waals surface area contributed by atoms with Gasteiger partial charge < -0.3 is 10.4 Å². The van der Waals surface area contributed by atoms with Gasteiger partial charge in [-0.05, 0) is 18.9 Å². The van der Waals surface area contributed by atoms with Gasteiger partial charge in [-0.3, -0.25) is 14.9 Å². The lowest BCUT2D eigenvalue weighted by molar-refractivity contribution is -0.385. The molecule has 4 rings (SSSR count). The third-order valence-corrected chi connectivity index (χ3v) is 5.17. The molecule has 2 heterocycles. The first kappa shape index (κ1) is 16.3. The Kier molecular flexibility index (Phi) is 3.40. The van der Waals surface area contributed by atoms with Crippen LogP contribution in [-0.4, -0.2) is 25.6 Å². The zero-order valence-corrected chi connectivity index (χ0v) is 14.4. The molecule has 1 aliphatic carbocycles. The molecule has 2 N–H and O–H groups in total. The van der Waals surface area contributed by atoms with Crippen molar-refractivity contribution in [2.45, 2.75) is 32.7 Å². The van der Waals surface area contributed by atoms with Crippen LogP contribution in [0.3, 0.4) is 0 Å². The minimum Gasteiger partial charge on any atom is -0.508 e. The van der Waals surface area contributed by atoms with Gasteiger partial charge >= 0.3 is 0 Å². The van der Waals surface area contributed by atoms with Gasteiger partial charge in [0, 0.05) is 40.4 Å². The first-order chi connectivity index (χ1) is 12.3. The molecular weight excluding hydrogens is 336 g/mol. The fourth-order valence-corrected chi connectivity index (χ4v) is 3.66. The standard InChI is InChI=1S/C18H18N4O4/c1-18(2)7-5-12-15(17(18)24)16(21-14(20-12)6-8-19-21)11-9-10(22(25)26)3-4-13(11)23/h3-4,6,8-9,16,20,23H,5,7H2,1-2H3. The molecule has 0 saturated carbocycles. The lowest BCUT2D eigenvalue weighted by atomic mass is 9.71. The predicted molar refractivity (Wildman–Crippen MR) is 93.8 cm³/mol. The van der Waals surface area contributed by atoms with E-state index in [1.165, 1.54) is 18.2 Å². The van der Waals surface area contributed by atoms with E-state index in [-0.39, 0.29) is 17.2 Å². The molecule has 1 aromatic heterocycles. The summed E-state index contributed by atoms with van der Waals surface area (Å²) in [4.78, 5) is 23.9. The predicted octanol–water partition coefficient (Wildman–Crippen LogP) is 3.16. The Labute approximate surface area is 149 Å². The van der Waals surface area contributed by atoms with Crippen LogP contribution in [-0.2, 0) is 4.79 Å². The maximum absolute atomic E-state index is 13.2. The van der Waals surface area contributed by atoms with Gasteiger partial charge in [0.05, 0.1) is 11.1 Å². The maximum atomic E-state index is 13.2. The number of Topliss-reactive ketones (excluding diaryl/α,β-unsaturated/α-hetero) is 1. The van der Waals surface area contributed by atoms with Crippen LogP contribution in [0.15, 0.2) is 41.7 Å². The van der Waals surface area contributed by atoms with Crippen molar-refractivity contribution in [3.8, 4) is 5.75 Å². The molecule has 8 nitrogen and oxygen atoms in total. The van der Waals surface area contributed by atoms with Crippen LogP contribution in [0.4, 0.5) is 11.5 Å². The summed E-state index contributed by atoms with van der Waals surface area (Å²) in [5.41, 5.74) is 0.908. The number of carbonyl (C=O) groups is 1. The highest BCUT2D eigenvalue weighted by atomic mass is 16.6. The SMILES string of the molecule is CC1(C)CCC2=C(C1=O)C(c1cc([N+](=O)[O-])ccc1O)n1nccc1N2. The second kappa shape index (κ2) is 5.42. The summed E-state index contributed by atoms with van der Waals surface area (Å²) in [7, 11) is 0. The molecule has 0 saturated heterocycles. The summed E-state index contributed by atoms with van der Waals surface area (Å²) < 4.78 is 1.59. The molecule has 26 heavy (non-hydrogen) atoms. The zero-order chi connectivity index (χ0) is 18.6. The van der Waals surface area contributed by atoms with Gasteiger partial charge in [-0.25, -0.2) is 4.68 Å². The monoisotopic (exact) mass is 354 g/mol. The normalized spacial score (nSPS) is 21.0. The van der Waals surface area contributed by atoms with E-state index in [2.05, 4.69) is 10.4 Å². The first-order valence-corrected chi connectivity index (χ1v) is 8.35. The molecule has 8 heteroatoms. The number of phenolic OH excluding ortho intramolecular Hbond substituents is 1. The first-order valence-electron chi connectivity index (χ1n) is 8.35. The number of anilines is 1. The van der Waals surface area contributed by atoms with E-state index in [4.69, 9.17) is 0 Å². The molecule has 0 fully saturated rings. The van der Waals surface area contributed by atoms with E-state index in [9.17, 15) is 20.0 Å². The van der Waals surface area contributed by atoms with Gasteiger partial charge in [-0.15, -0.1) is 0 Å². The molecule has 0 spiro atoms. The Morgan fingerprint density at radius 3 is 2.88 bits per heavy atom. The Balaban J connectivity index is 1.96. The summed E-state index contributed by atoms with van der Waals surface area (Å²) in [5, 5.41) is 29.2. The highest BCUT2D eigenvalue weighted by Crippen LogP contribution is 2.47. The minimum absolute atomic E-state index is 0.0386. The summed E-state index contributed by atoms with van der Waals surface area (Å²) in [6.45, 7) is 3.78. The van der Waals surface area contributed by atoms with Gasteiger partial charge in [0.15, 0.2) is 5.78 Å². The summed E-state index contributed by atoms with van der Waals surface area (Å²) in [5.74, 6) is 0.544. The van der Waals surface area contributed by atoms with Crippen molar-refractivity contribution in [3.63, 3.8) is 0 Å². The van der Waals surface area contributed by atoms with E-state index >= 15 is 0 Å². The largest absolute Gasteiger partial charge is 0.508 e. The van der Waals surface area contributed by atoms with Crippen LogP contribution in [0.1, 0.15) is 38.3 Å². The second-order valence-electron chi connectivity index (χ2n) is 7.29. The number of hydrogen-bond acceptors (Lipinski definition) is 6. The number of aromatic nitrogens is 2. The van der Waals surface area contributed by atoms with Gasteiger partial charge in [0.1, 0.15) is 17.6 Å². The summed E-state index contributed by atoms with van der Waals surface area (Å²) >= 11 is 0. The molecule has 1 atom stereocenters. The number of carbonyl (C=O) groups excluding carboxylic acids is 1. The Hall–Kier alpha value is -3.16. The number of rotatable bonds is 2. The molecular formula is C18H18N4O4. The number of nitrogens with one attached hydrogen (secondary N) is 1. The van der Waals surface area contributed by atoms with Gasteiger partial charge in [0.25, 0.3) is 5.69 Å². The molecule has 1 aromatic carbocycles. The number of allylic oxidation sites excluding steroid dienone is 2. The van der Waals surface area contributed by atoms with Crippen molar-refractivity contribution in [3.05, 3.63) is 57.4 Å². The molecule has 2 aliphatic rings. The molecule has 0 radical (unpaired) electrons. The average molecular weight is 354 g/mol. The highest BCUT2D eigenvalue weighted by molar-refractivity contribution is 6.03. The number of fused-ring (bicyclic) bond motifs is 1. The van der Waals surface area contributed by atoms with Crippen LogP contribution >= 0.6 is 0 Å². The number of aromatic hydroxyl groups is 1.